The Labute approximate surface area is 118 Å². The number of benzene rings is 1. The SMILES string of the molecule is C=CCNc1nn(-c2ccccc2[N+](=O)[O-])nc1C(=O)O. The van der Waals surface area contributed by atoms with Gasteiger partial charge in [-0.3, -0.25) is 10.1 Å². The average molecular weight is 289 g/mol. The van der Waals surface area contributed by atoms with Gasteiger partial charge in [-0.2, -0.15) is 0 Å². The fourth-order valence-corrected chi connectivity index (χ4v) is 1.63. The molecule has 9 heteroatoms. The minimum atomic E-state index is -1.29. The third-order valence-electron chi connectivity index (χ3n) is 2.52. The Kier molecular flexibility index (Phi) is 3.93. The van der Waals surface area contributed by atoms with Crippen molar-refractivity contribution in [3.63, 3.8) is 0 Å². The molecule has 0 saturated heterocycles. The monoisotopic (exact) mass is 289 g/mol. The van der Waals surface area contributed by atoms with Gasteiger partial charge in [-0.15, -0.1) is 21.6 Å². The van der Waals surface area contributed by atoms with Crippen molar-refractivity contribution in [3.8, 4) is 5.69 Å². The van der Waals surface area contributed by atoms with Crippen LogP contribution in [-0.4, -0.2) is 37.5 Å². The highest BCUT2D eigenvalue weighted by Crippen LogP contribution is 2.22. The van der Waals surface area contributed by atoms with Gasteiger partial charge < -0.3 is 10.4 Å². The minimum Gasteiger partial charge on any atom is -0.476 e. The number of rotatable bonds is 6. The third-order valence-corrected chi connectivity index (χ3v) is 2.52. The molecule has 0 atom stereocenters. The van der Waals surface area contributed by atoms with Gasteiger partial charge in [0.15, 0.2) is 11.5 Å². The Bertz CT molecular complexity index is 709. The molecule has 0 radical (unpaired) electrons. The molecule has 0 unspecified atom stereocenters. The Morgan fingerprint density at radius 2 is 2.19 bits per heavy atom. The summed E-state index contributed by atoms with van der Waals surface area (Å²) in [5.74, 6) is -1.27. The summed E-state index contributed by atoms with van der Waals surface area (Å²) in [4.78, 5) is 22.5. The second kappa shape index (κ2) is 5.82. The van der Waals surface area contributed by atoms with Gasteiger partial charge in [0, 0.05) is 12.6 Å². The Morgan fingerprint density at radius 3 is 2.81 bits per heavy atom. The fourth-order valence-electron chi connectivity index (χ4n) is 1.63. The predicted octanol–water partition coefficient (Wildman–Crippen LogP) is 1.47. The van der Waals surface area contributed by atoms with Gasteiger partial charge in [0.05, 0.1) is 4.92 Å². The quantitative estimate of drug-likeness (QED) is 0.469. The summed E-state index contributed by atoms with van der Waals surface area (Å²) in [5.41, 5.74) is -0.466. The standard InChI is InChI=1S/C12H11N5O4/c1-2-7-13-11-10(12(18)19)14-16(15-11)8-5-3-4-6-9(8)17(20)21/h2-6H,1,7H2,(H,13,15)(H,18,19). The van der Waals surface area contributed by atoms with Crippen LogP contribution < -0.4 is 5.32 Å². The lowest BCUT2D eigenvalue weighted by Gasteiger charge is -2.00. The van der Waals surface area contributed by atoms with Gasteiger partial charge in [-0.25, -0.2) is 4.79 Å². The molecule has 2 rings (SSSR count). The number of nitro groups is 1. The zero-order chi connectivity index (χ0) is 15.4. The molecule has 0 fully saturated rings. The molecule has 0 aliphatic carbocycles. The van der Waals surface area contributed by atoms with E-state index in [2.05, 4.69) is 22.1 Å². The van der Waals surface area contributed by atoms with Crippen LogP contribution in [0.3, 0.4) is 0 Å². The van der Waals surface area contributed by atoms with Crippen LogP contribution in [0.4, 0.5) is 11.5 Å². The smallest absolute Gasteiger partial charge is 0.360 e. The molecular formula is C12H11N5O4. The highest BCUT2D eigenvalue weighted by atomic mass is 16.6. The number of carbonyl (C=O) groups is 1. The maximum absolute atomic E-state index is 11.1. The molecule has 9 nitrogen and oxygen atoms in total. The zero-order valence-corrected chi connectivity index (χ0v) is 10.8. The topological polar surface area (TPSA) is 123 Å². The molecule has 1 aromatic heterocycles. The van der Waals surface area contributed by atoms with Gasteiger partial charge in [-0.05, 0) is 6.07 Å². The largest absolute Gasteiger partial charge is 0.476 e. The van der Waals surface area contributed by atoms with E-state index in [1.807, 2.05) is 0 Å². The number of carboxylic acid groups (broad SMARTS) is 1. The minimum absolute atomic E-state index is 0.0144. The number of anilines is 1. The highest BCUT2D eigenvalue weighted by molar-refractivity contribution is 5.90. The number of aromatic nitrogens is 3. The summed E-state index contributed by atoms with van der Waals surface area (Å²) < 4.78 is 0. The van der Waals surface area contributed by atoms with Gasteiger partial charge in [0.25, 0.3) is 5.69 Å². The summed E-state index contributed by atoms with van der Waals surface area (Å²) in [6.45, 7) is 3.79. The summed E-state index contributed by atoms with van der Waals surface area (Å²) in [6.07, 6.45) is 1.52. The molecular weight excluding hydrogens is 278 g/mol. The van der Waals surface area contributed by atoms with E-state index in [0.29, 0.717) is 0 Å². The molecule has 2 aromatic rings. The number of carboxylic acids is 1. The van der Waals surface area contributed by atoms with Crippen molar-refractivity contribution in [3.05, 3.63) is 52.7 Å². The Hall–Kier alpha value is -3.23. The summed E-state index contributed by atoms with van der Waals surface area (Å²) in [6, 6.07) is 5.79. The molecule has 0 bridgehead atoms. The van der Waals surface area contributed by atoms with Crippen LogP contribution in [0.5, 0.6) is 0 Å². The van der Waals surface area contributed by atoms with Gasteiger partial charge in [0.2, 0.25) is 5.69 Å². The van der Waals surface area contributed by atoms with Crippen molar-refractivity contribution in [1.82, 2.24) is 15.0 Å². The highest BCUT2D eigenvalue weighted by Gasteiger charge is 2.22. The maximum atomic E-state index is 11.1. The molecule has 2 N–H and O–H groups in total. The number of hydrogen-bond acceptors (Lipinski definition) is 6. The van der Waals surface area contributed by atoms with Crippen molar-refractivity contribution < 1.29 is 14.8 Å². The van der Waals surface area contributed by atoms with E-state index in [1.54, 1.807) is 6.07 Å². The van der Waals surface area contributed by atoms with E-state index in [4.69, 9.17) is 5.11 Å². The van der Waals surface area contributed by atoms with Crippen LogP contribution in [0.2, 0.25) is 0 Å². The third kappa shape index (κ3) is 2.86. The normalized spacial score (nSPS) is 10.1. The molecule has 1 aromatic carbocycles. The maximum Gasteiger partial charge on any atom is 0.360 e. The molecule has 0 aliphatic rings. The Morgan fingerprint density at radius 1 is 1.48 bits per heavy atom. The fraction of sp³-hybridized carbons (Fsp3) is 0.0833. The predicted molar refractivity (Wildman–Crippen MR) is 73.7 cm³/mol. The Balaban J connectivity index is 2.52. The van der Waals surface area contributed by atoms with Crippen LogP contribution in [0.25, 0.3) is 5.69 Å². The number of hydrogen-bond donors (Lipinski definition) is 2. The lowest BCUT2D eigenvalue weighted by molar-refractivity contribution is -0.384. The first kappa shape index (κ1) is 14.2. The van der Waals surface area contributed by atoms with Crippen LogP contribution in [0.1, 0.15) is 10.5 Å². The summed E-state index contributed by atoms with van der Waals surface area (Å²) in [5, 5.41) is 30.5. The van der Waals surface area contributed by atoms with E-state index >= 15 is 0 Å². The number of nitrogens with zero attached hydrogens (tertiary/aromatic N) is 4. The van der Waals surface area contributed by atoms with E-state index in [9.17, 15) is 14.9 Å². The van der Waals surface area contributed by atoms with Crippen LogP contribution in [-0.2, 0) is 0 Å². The number of nitro benzene ring substituents is 1. The van der Waals surface area contributed by atoms with Crippen molar-refractivity contribution in [2.75, 3.05) is 11.9 Å². The van der Waals surface area contributed by atoms with Gasteiger partial charge >= 0.3 is 5.97 Å². The van der Waals surface area contributed by atoms with Crippen LogP contribution >= 0.6 is 0 Å². The first-order chi connectivity index (χ1) is 10.0. The molecule has 0 spiro atoms. The number of aromatic carboxylic acids is 1. The van der Waals surface area contributed by atoms with E-state index in [1.165, 1.54) is 24.3 Å². The first-order valence-corrected chi connectivity index (χ1v) is 5.83. The van der Waals surface area contributed by atoms with Crippen molar-refractivity contribution >= 4 is 17.5 Å². The van der Waals surface area contributed by atoms with Crippen LogP contribution in [0, 0.1) is 10.1 Å². The molecule has 108 valence electrons. The van der Waals surface area contributed by atoms with E-state index < -0.39 is 10.9 Å². The average Bonchev–Trinajstić information content (AvgIpc) is 2.89. The van der Waals surface area contributed by atoms with E-state index in [0.717, 1.165) is 4.80 Å². The molecule has 1 heterocycles. The summed E-state index contributed by atoms with van der Waals surface area (Å²) in [7, 11) is 0. The second-order valence-corrected chi connectivity index (χ2v) is 3.91. The number of para-hydroxylation sites is 2. The lowest BCUT2D eigenvalue weighted by atomic mass is 10.3. The lowest BCUT2D eigenvalue weighted by Crippen LogP contribution is -2.05. The second-order valence-electron chi connectivity index (χ2n) is 3.91. The first-order valence-electron chi connectivity index (χ1n) is 5.83. The van der Waals surface area contributed by atoms with Crippen LogP contribution in [0.15, 0.2) is 36.9 Å². The molecule has 0 saturated carbocycles. The molecule has 21 heavy (non-hydrogen) atoms. The zero-order valence-electron chi connectivity index (χ0n) is 10.8. The number of nitrogens with one attached hydrogen (secondary N) is 1. The van der Waals surface area contributed by atoms with E-state index in [-0.39, 0.29) is 29.4 Å². The van der Waals surface area contributed by atoms with Crippen molar-refractivity contribution in [1.29, 1.82) is 0 Å². The van der Waals surface area contributed by atoms with Gasteiger partial charge in [0.1, 0.15) is 0 Å². The van der Waals surface area contributed by atoms with Crippen molar-refractivity contribution in [2.24, 2.45) is 0 Å². The van der Waals surface area contributed by atoms with Gasteiger partial charge in [-0.1, -0.05) is 18.2 Å². The molecule has 0 amide bonds. The van der Waals surface area contributed by atoms with Crippen molar-refractivity contribution in [2.45, 2.75) is 0 Å². The summed E-state index contributed by atoms with van der Waals surface area (Å²) >= 11 is 0. The molecule has 0 aliphatic heterocycles.